The van der Waals surface area contributed by atoms with Gasteiger partial charge in [0.25, 0.3) is 0 Å². The van der Waals surface area contributed by atoms with Crippen LogP contribution in [0.4, 0.5) is 40.0 Å². The highest BCUT2D eigenvalue weighted by atomic mass is 16.5. The molecule has 22 nitrogen and oxygen atoms in total. The second-order valence-corrected chi connectivity index (χ2v) is 24.4. The predicted molar refractivity (Wildman–Crippen MR) is 334 cm³/mol. The van der Waals surface area contributed by atoms with E-state index in [1.165, 1.54) is 75.8 Å². The summed E-state index contributed by atoms with van der Waals surface area (Å²) in [6, 6.07) is 20.0. The van der Waals surface area contributed by atoms with Crippen molar-refractivity contribution >= 4 is 47.2 Å². The number of H-pyrrole nitrogens is 2. The molecule has 1 aromatic carbocycles. The fourth-order valence-electron chi connectivity index (χ4n) is 13.1. The van der Waals surface area contributed by atoms with Crippen LogP contribution in [0.2, 0.25) is 0 Å². The number of hydrogen-bond acceptors (Lipinski definition) is 18. The fourth-order valence-corrected chi connectivity index (χ4v) is 13.1. The van der Waals surface area contributed by atoms with Gasteiger partial charge >= 0.3 is 12.0 Å². The van der Waals surface area contributed by atoms with Gasteiger partial charge in [0.2, 0.25) is 11.9 Å². The normalized spacial score (nSPS) is 23.6. The summed E-state index contributed by atoms with van der Waals surface area (Å²) in [5, 5.41) is 35.1. The van der Waals surface area contributed by atoms with Crippen molar-refractivity contribution in [3.8, 4) is 5.75 Å². The third-order valence-corrected chi connectivity index (χ3v) is 18.3. The van der Waals surface area contributed by atoms with Gasteiger partial charge in [-0.3, -0.25) is 24.8 Å². The Labute approximate surface area is 503 Å². The van der Waals surface area contributed by atoms with E-state index in [2.05, 4.69) is 94.2 Å². The lowest BCUT2D eigenvalue weighted by atomic mass is 9.84. The average Bonchev–Trinajstić information content (AvgIpc) is 4.55. The SMILES string of the molecule is C.C.NC1CCN(C2COC2)CC1.O=C(CC1CCC(Nc2nccc(Nc3cc(C4CCCC4)[nH]n3)n2)CC1)Oc1ccccc1.O=C(NC1CCC(Nc2nccc(Nc3cc(C4CCCC4)[nH]n3)n2)CC1)NC1CCN(C2COC2)CC1. The minimum atomic E-state index is -0.154. The Morgan fingerprint density at radius 2 is 1.00 bits per heavy atom. The molecular weight excluding hydrogens is 1070 g/mol. The quantitative estimate of drug-likeness (QED) is 0.0309. The van der Waals surface area contributed by atoms with Crippen LogP contribution in [0.3, 0.4) is 0 Å². The number of amides is 2. The zero-order chi connectivity index (χ0) is 56.6. The number of hydrogen-bond donors (Lipinski definition) is 9. The molecule has 4 saturated heterocycles. The van der Waals surface area contributed by atoms with Gasteiger partial charge in [-0.05, 0) is 133 Å². The summed E-state index contributed by atoms with van der Waals surface area (Å²) in [4.78, 5) is 47.9. The smallest absolute Gasteiger partial charge is 0.315 e. The molecule has 4 saturated carbocycles. The number of esters is 1. The molecule has 8 aliphatic rings. The number of rotatable bonds is 17. The lowest BCUT2D eigenvalue weighted by Crippen LogP contribution is -2.55. The number of para-hydroxylation sites is 1. The molecule has 0 atom stereocenters. The minimum Gasteiger partial charge on any atom is -0.427 e. The molecular formula is C63H97N17O5. The molecule has 8 fully saturated rings. The number of nitrogens with two attached hydrogens (primary N) is 1. The molecule has 4 aliphatic heterocycles. The molecule has 0 spiro atoms. The summed E-state index contributed by atoms with van der Waals surface area (Å²) < 4.78 is 15.9. The topological polar surface area (TPSA) is 275 Å². The summed E-state index contributed by atoms with van der Waals surface area (Å²) >= 11 is 0. The number of benzene rings is 1. The Bertz CT molecular complexity index is 2750. The molecule has 2 amide bonds. The Morgan fingerprint density at radius 1 is 0.553 bits per heavy atom. The number of aromatic amines is 2. The molecule has 4 aliphatic carbocycles. The summed E-state index contributed by atoms with van der Waals surface area (Å²) in [7, 11) is 0. The van der Waals surface area contributed by atoms with Gasteiger partial charge in [0, 0.05) is 111 Å². The number of carbonyl (C=O) groups excluding carboxylic acids is 2. The largest absolute Gasteiger partial charge is 0.427 e. The number of anilines is 6. The van der Waals surface area contributed by atoms with Crippen LogP contribution in [-0.4, -0.2) is 157 Å². The van der Waals surface area contributed by atoms with Crippen molar-refractivity contribution in [1.29, 1.82) is 0 Å². The zero-order valence-corrected chi connectivity index (χ0v) is 48.3. The lowest BCUT2D eigenvalue weighted by Gasteiger charge is -2.41. The molecule has 0 unspecified atom stereocenters. The molecule has 464 valence electrons. The third-order valence-electron chi connectivity index (χ3n) is 18.3. The summed E-state index contributed by atoms with van der Waals surface area (Å²) in [6.07, 6.45) is 26.2. The average molecular weight is 1170 g/mol. The third kappa shape index (κ3) is 18.8. The first-order valence-electron chi connectivity index (χ1n) is 31.3. The van der Waals surface area contributed by atoms with Crippen molar-refractivity contribution in [2.24, 2.45) is 11.7 Å². The van der Waals surface area contributed by atoms with E-state index < -0.39 is 0 Å². The van der Waals surface area contributed by atoms with E-state index >= 15 is 0 Å². The minimum absolute atomic E-state index is 0. The fraction of sp³-hybridized carbons (Fsp3) is 0.651. The van der Waals surface area contributed by atoms with E-state index in [0.29, 0.717) is 72.0 Å². The first-order chi connectivity index (χ1) is 40.7. The van der Waals surface area contributed by atoms with Gasteiger partial charge in [-0.15, -0.1) is 0 Å². The summed E-state index contributed by atoms with van der Waals surface area (Å²) in [5.74, 6) is 6.27. The molecule has 0 radical (unpaired) electrons. The number of urea groups is 1. The van der Waals surface area contributed by atoms with Crippen molar-refractivity contribution in [2.45, 2.75) is 204 Å². The standard InChI is InChI=1S/C27H41N9O2.C26H32N6O2.C8H16N2O.2CH4/c37-27(31-21-10-13-36(14-11-21)22-16-38-17-22)30-20-7-5-19(6-8-20)29-26-28-12-9-24(33-26)32-25-15-23(34-35-25)18-3-1-2-4-18;33-25(34-21-8-2-1-3-9-21)16-18-10-12-20(13-11-18)28-26-27-15-14-23(30-26)29-24-17-22(31-32-24)19-6-4-5-7-19;9-7-1-3-10(4-2-7)8-5-11-6-8;;/h9,12,15,18-22H,1-8,10-11,13-14,16-17H2,(H2,30,31,37)(H3,28,29,32,33,34,35);1-3,8-9,14-15,17-20H,4-7,10-13,16H2,(H3,27,28,29,30,31,32);7-8H,1-6,9H2;2*1H4. The number of ether oxygens (including phenoxy) is 3. The van der Waals surface area contributed by atoms with Gasteiger partial charge in [0.1, 0.15) is 17.4 Å². The van der Waals surface area contributed by atoms with Gasteiger partial charge in [-0.25, -0.2) is 14.8 Å². The van der Waals surface area contributed by atoms with Crippen molar-refractivity contribution in [3.05, 3.63) is 78.4 Å². The lowest BCUT2D eigenvalue weighted by molar-refractivity contribution is -0.135. The maximum atomic E-state index is 12.6. The van der Waals surface area contributed by atoms with Crippen LogP contribution in [0.15, 0.2) is 67.0 Å². The number of aromatic nitrogens is 8. The molecule has 0 bridgehead atoms. The Morgan fingerprint density at radius 3 is 1.47 bits per heavy atom. The zero-order valence-electron chi connectivity index (χ0n) is 48.3. The van der Waals surface area contributed by atoms with Gasteiger partial charge < -0.3 is 51.8 Å². The highest BCUT2D eigenvalue weighted by molar-refractivity contribution is 5.74. The first kappa shape index (κ1) is 63.1. The van der Waals surface area contributed by atoms with Crippen LogP contribution in [-0.2, 0) is 14.3 Å². The number of likely N-dealkylation sites (tertiary alicyclic amines) is 2. The maximum Gasteiger partial charge on any atom is 0.315 e. The van der Waals surface area contributed by atoms with Gasteiger partial charge in [-0.2, -0.15) is 20.2 Å². The van der Waals surface area contributed by atoms with E-state index in [9.17, 15) is 9.59 Å². The van der Waals surface area contributed by atoms with E-state index in [4.69, 9.17) is 19.9 Å². The number of nitrogens with zero attached hydrogens (tertiary/aromatic N) is 8. The van der Waals surface area contributed by atoms with Crippen LogP contribution in [0, 0.1) is 5.92 Å². The van der Waals surface area contributed by atoms with E-state index in [-0.39, 0.29) is 38.9 Å². The molecule has 13 rings (SSSR count). The van der Waals surface area contributed by atoms with E-state index in [0.717, 1.165) is 140 Å². The predicted octanol–water partition coefficient (Wildman–Crippen LogP) is 10.1. The highest BCUT2D eigenvalue weighted by Gasteiger charge is 2.32. The van der Waals surface area contributed by atoms with Crippen LogP contribution in [0.1, 0.15) is 173 Å². The van der Waals surface area contributed by atoms with Crippen LogP contribution in [0.25, 0.3) is 0 Å². The molecule has 8 heterocycles. The van der Waals surface area contributed by atoms with Gasteiger partial charge in [0.15, 0.2) is 11.6 Å². The first-order valence-corrected chi connectivity index (χ1v) is 31.3. The molecule has 4 aromatic heterocycles. The monoisotopic (exact) mass is 1170 g/mol. The van der Waals surface area contributed by atoms with Gasteiger partial charge in [0.05, 0.1) is 38.5 Å². The Balaban J connectivity index is 0.000000169. The second-order valence-electron chi connectivity index (χ2n) is 24.4. The number of nitrogens with one attached hydrogen (secondary N) is 8. The van der Waals surface area contributed by atoms with Crippen molar-refractivity contribution in [2.75, 3.05) is 73.9 Å². The van der Waals surface area contributed by atoms with Gasteiger partial charge in [-0.1, -0.05) is 58.7 Å². The molecule has 85 heavy (non-hydrogen) atoms. The molecule has 10 N–H and O–H groups in total. The molecule has 5 aromatic rings. The van der Waals surface area contributed by atoms with E-state index in [1.54, 1.807) is 12.4 Å². The van der Waals surface area contributed by atoms with Crippen LogP contribution >= 0.6 is 0 Å². The number of piperidine rings is 2. The Kier molecular flexibility index (Phi) is 23.6. The van der Waals surface area contributed by atoms with Crippen molar-refractivity contribution in [3.63, 3.8) is 0 Å². The highest BCUT2D eigenvalue weighted by Crippen LogP contribution is 2.36. The summed E-state index contributed by atoms with van der Waals surface area (Å²) in [6.45, 7) is 8.03. The van der Waals surface area contributed by atoms with E-state index in [1.807, 2.05) is 42.5 Å². The second kappa shape index (κ2) is 31.8. The molecule has 22 heteroatoms. The van der Waals surface area contributed by atoms with Crippen molar-refractivity contribution in [1.82, 2.24) is 60.8 Å². The maximum absolute atomic E-state index is 12.6. The Hall–Kier alpha value is -6.46. The number of carbonyl (C=O) groups is 2. The van der Waals surface area contributed by atoms with Crippen molar-refractivity contribution < 1.29 is 23.8 Å². The van der Waals surface area contributed by atoms with Crippen LogP contribution in [0.5, 0.6) is 5.75 Å². The van der Waals surface area contributed by atoms with Crippen LogP contribution < -0.4 is 42.4 Å². The summed E-state index contributed by atoms with van der Waals surface area (Å²) in [5.41, 5.74) is 8.21.